The number of ketones is 2. The van der Waals surface area contributed by atoms with Crippen LogP contribution >= 0.6 is 30.8 Å². The smallest absolute Gasteiger partial charge is 0.194 e. The molecule has 1 atom stereocenters. The second kappa shape index (κ2) is 10.5. The first-order valence-corrected chi connectivity index (χ1v) is 11.4. The van der Waals surface area contributed by atoms with Crippen molar-refractivity contribution in [1.82, 2.24) is 4.67 Å². The van der Waals surface area contributed by atoms with Gasteiger partial charge in [-0.05, 0) is 22.5 Å². The van der Waals surface area contributed by atoms with Crippen LogP contribution in [-0.4, -0.2) is 34.4 Å². The summed E-state index contributed by atoms with van der Waals surface area (Å²) in [6.07, 6.45) is 1.73. The summed E-state index contributed by atoms with van der Waals surface area (Å²) in [7, 11) is -2.80. The maximum Gasteiger partial charge on any atom is 0.194 e. The van der Waals surface area contributed by atoms with E-state index in [0.717, 1.165) is 5.08 Å². The van der Waals surface area contributed by atoms with E-state index in [2.05, 4.69) is 0 Å². The summed E-state index contributed by atoms with van der Waals surface area (Å²) < 4.78 is 15.0. The van der Waals surface area contributed by atoms with Gasteiger partial charge >= 0.3 is 0 Å². The maximum absolute atomic E-state index is 13.2. The largest absolute Gasteiger partial charge is 0.300 e. The molecule has 0 spiro atoms. The molecule has 0 fully saturated rings. The molecule has 0 aromatic heterocycles. The first-order valence-electron chi connectivity index (χ1n) is 7.48. The predicted molar refractivity (Wildman–Crippen MR) is 97.3 cm³/mol. The van der Waals surface area contributed by atoms with E-state index in [1.54, 1.807) is 35.2 Å². The highest BCUT2D eigenvalue weighted by Crippen LogP contribution is 2.54. The van der Waals surface area contributed by atoms with Crippen LogP contribution < -0.4 is 0 Å². The van der Waals surface area contributed by atoms with Gasteiger partial charge in [-0.1, -0.05) is 13.8 Å². The van der Waals surface area contributed by atoms with Crippen LogP contribution in [0.2, 0.25) is 0 Å². The minimum Gasteiger partial charge on any atom is -0.300 e. The second-order valence-electron chi connectivity index (χ2n) is 4.93. The van der Waals surface area contributed by atoms with Crippen molar-refractivity contribution in [3.63, 3.8) is 0 Å². The Bertz CT molecular complexity index is 453. The van der Waals surface area contributed by atoms with Crippen LogP contribution in [-0.2, 0) is 14.2 Å². The molecule has 0 aliphatic carbocycles. The molecule has 22 heavy (non-hydrogen) atoms. The zero-order valence-corrected chi connectivity index (χ0v) is 15.7. The molecule has 1 rings (SSSR count). The fourth-order valence-corrected chi connectivity index (χ4v) is 6.23. The van der Waals surface area contributed by atoms with E-state index in [9.17, 15) is 14.2 Å². The van der Waals surface area contributed by atoms with Gasteiger partial charge in [0.05, 0.1) is 0 Å². The van der Waals surface area contributed by atoms with E-state index in [-0.39, 0.29) is 11.6 Å². The van der Waals surface area contributed by atoms with Crippen LogP contribution in [0, 0.1) is 0 Å². The molecule has 0 amide bonds. The minimum atomic E-state index is -2.80. The number of carbonyl (C=O) groups is 2. The van der Waals surface area contributed by atoms with E-state index in [0.29, 0.717) is 38.8 Å². The number of rotatable bonds is 9. The second-order valence-corrected chi connectivity index (χ2v) is 9.59. The molecule has 0 saturated carbocycles. The van der Waals surface area contributed by atoms with Gasteiger partial charge in [0.25, 0.3) is 0 Å². The molecule has 124 valence electrons. The third-order valence-corrected chi connectivity index (χ3v) is 7.99. The lowest BCUT2D eigenvalue weighted by Gasteiger charge is -2.27. The lowest BCUT2D eigenvalue weighted by atomic mass is 10.2. The van der Waals surface area contributed by atoms with Crippen LogP contribution in [0.1, 0.15) is 39.5 Å². The molecule has 4 nitrogen and oxygen atoms in total. The lowest BCUT2D eigenvalue weighted by molar-refractivity contribution is -0.119. The van der Waals surface area contributed by atoms with Gasteiger partial charge in [0.2, 0.25) is 0 Å². The van der Waals surface area contributed by atoms with Gasteiger partial charge in [0, 0.05) is 43.9 Å². The first-order chi connectivity index (χ1) is 10.5. The Morgan fingerprint density at radius 3 is 1.86 bits per heavy atom. The van der Waals surface area contributed by atoms with Crippen LogP contribution in [0.25, 0.3) is 0 Å². The third kappa shape index (κ3) is 6.86. The van der Waals surface area contributed by atoms with Gasteiger partial charge in [-0.15, -0.1) is 23.5 Å². The normalized spacial score (nSPS) is 23.0. The van der Waals surface area contributed by atoms with Crippen molar-refractivity contribution in [3.8, 4) is 0 Å². The van der Waals surface area contributed by atoms with Gasteiger partial charge in [-0.25, -0.2) is 4.67 Å². The summed E-state index contributed by atoms with van der Waals surface area (Å²) in [6, 6.07) is 0. The molecule has 0 N–H and O–H groups in total. The van der Waals surface area contributed by atoms with Crippen molar-refractivity contribution >= 4 is 42.4 Å². The molecule has 1 heterocycles. The Morgan fingerprint density at radius 1 is 1.00 bits per heavy atom. The monoisotopic (exact) mass is 361 g/mol. The summed E-state index contributed by atoms with van der Waals surface area (Å²) >= 11 is 3.21. The Hall–Kier alpha value is -0.290. The van der Waals surface area contributed by atoms with Crippen molar-refractivity contribution in [1.29, 1.82) is 0 Å². The van der Waals surface area contributed by atoms with Crippen molar-refractivity contribution in [3.05, 3.63) is 22.5 Å². The third-order valence-electron chi connectivity index (χ3n) is 3.41. The van der Waals surface area contributed by atoms with E-state index in [1.807, 2.05) is 29.3 Å². The van der Waals surface area contributed by atoms with Crippen LogP contribution in [0.15, 0.2) is 22.5 Å². The Labute approximate surface area is 141 Å². The minimum absolute atomic E-state index is 0.155. The van der Waals surface area contributed by atoms with Crippen LogP contribution in [0.5, 0.6) is 0 Å². The molecule has 1 unspecified atom stereocenters. The van der Waals surface area contributed by atoms with Gasteiger partial charge in [-0.2, -0.15) is 0 Å². The number of thioether (sulfide) groups is 2. The molecule has 0 aromatic rings. The number of Topliss-reactive ketones (excluding diaryl/α,β-unsaturated/α-hetero) is 2. The average Bonchev–Trinajstić information content (AvgIpc) is 2.50. The summed E-state index contributed by atoms with van der Waals surface area (Å²) in [4.78, 5) is 23.2. The van der Waals surface area contributed by atoms with Gasteiger partial charge in [0.1, 0.15) is 11.6 Å². The highest BCUT2D eigenvalue weighted by atomic mass is 32.2. The fourth-order valence-electron chi connectivity index (χ4n) is 1.90. The Balaban J connectivity index is 2.85. The van der Waals surface area contributed by atoms with Crippen LogP contribution in [0.3, 0.4) is 0 Å². The summed E-state index contributed by atoms with van der Waals surface area (Å²) in [5.41, 5.74) is 0. The molecule has 0 radical (unpaired) electrons. The summed E-state index contributed by atoms with van der Waals surface area (Å²) in [5.74, 6) is 3.78. The molecular weight excluding hydrogens is 337 g/mol. The summed E-state index contributed by atoms with van der Waals surface area (Å²) in [5, 5.41) is 4.64. The van der Waals surface area contributed by atoms with Crippen molar-refractivity contribution in [2.45, 2.75) is 39.5 Å². The van der Waals surface area contributed by atoms with Gasteiger partial charge in [0.15, 0.2) is 7.29 Å². The summed E-state index contributed by atoms with van der Waals surface area (Å²) in [6.45, 7) is 4.53. The van der Waals surface area contributed by atoms with E-state index < -0.39 is 7.29 Å². The van der Waals surface area contributed by atoms with Crippen molar-refractivity contribution in [2.24, 2.45) is 0 Å². The molecular formula is C15H24NO3PS2. The number of hydrogen-bond acceptors (Lipinski definition) is 5. The zero-order chi connectivity index (χ0) is 16.4. The molecule has 0 saturated heterocycles. The van der Waals surface area contributed by atoms with Crippen molar-refractivity contribution in [2.75, 3.05) is 18.2 Å². The number of carbonyl (C=O) groups excluding carboxylic acids is 2. The standard InChI is InChI=1S/C15H24NO3PS2/c1-3-14(17)5-7-16(8-6-15(18)4-2)20(19)9-11-21-13-22-12-10-20/h9-12H,3-8,13H2,1-2H3/b11-9+,12-10?. The highest BCUT2D eigenvalue weighted by Gasteiger charge is 2.26. The van der Waals surface area contributed by atoms with Gasteiger partial charge < -0.3 is 0 Å². The van der Waals surface area contributed by atoms with E-state index >= 15 is 0 Å². The van der Waals surface area contributed by atoms with E-state index in [4.69, 9.17) is 0 Å². The lowest BCUT2D eigenvalue weighted by Crippen LogP contribution is -2.25. The molecule has 1 aliphatic heterocycles. The topological polar surface area (TPSA) is 54.5 Å². The SMILES string of the molecule is CCC(=O)CCN(CCC(=O)CC)P1(=O)C=CSCS/C=C/1. The first kappa shape index (κ1) is 19.8. The predicted octanol–water partition coefficient (Wildman–Crippen LogP) is 4.68. The molecule has 0 bridgehead atoms. The maximum atomic E-state index is 13.2. The number of nitrogens with zero attached hydrogens (tertiary/aromatic N) is 1. The Kier molecular flexibility index (Phi) is 9.41. The molecule has 0 aromatic carbocycles. The van der Waals surface area contributed by atoms with Crippen molar-refractivity contribution < 1.29 is 14.2 Å². The molecule has 1 aliphatic rings. The Morgan fingerprint density at radius 2 is 1.45 bits per heavy atom. The quantitative estimate of drug-likeness (QED) is 0.556. The zero-order valence-electron chi connectivity index (χ0n) is 13.2. The highest BCUT2D eigenvalue weighted by molar-refractivity contribution is 8.18. The number of hydrogen-bond donors (Lipinski definition) is 0. The van der Waals surface area contributed by atoms with Gasteiger partial charge in [-0.3, -0.25) is 14.2 Å². The average molecular weight is 361 g/mol. The van der Waals surface area contributed by atoms with E-state index in [1.165, 1.54) is 0 Å². The van der Waals surface area contributed by atoms with Crippen LogP contribution in [0.4, 0.5) is 0 Å². The fraction of sp³-hybridized carbons (Fsp3) is 0.600. The molecule has 7 heteroatoms.